The van der Waals surface area contributed by atoms with Crippen molar-refractivity contribution in [3.63, 3.8) is 0 Å². The first-order valence-electron chi connectivity index (χ1n) is 7.32. The van der Waals surface area contributed by atoms with Crippen LogP contribution in [0, 0.1) is 5.82 Å². The zero-order valence-corrected chi connectivity index (χ0v) is 12.4. The zero-order chi connectivity index (χ0) is 15.5. The Bertz CT molecular complexity index is 487. The summed E-state index contributed by atoms with van der Waals surface area (Å²) in [6.07, 6.45) is 2.98. The van der Waals surface area contributed by atoms with E-state index in [1.54, 1.807) is 13.8 Å². The lowest BCUT2D eigenvalue weighted by Crippen LogP contribution is -2.53. The van der Waals surface area contributed by atoms with Crippen LogP contribution in [0.2, 0.25) is 0 Å². The first kappa shape index (κ1) is 15.8. The number of nitrogens with one attached hydrogen (secondary N) is 1. The third kappa shape index (κ3) is 4.17. The summed E-state index contributed by atoms with van der Waals surface area (Å²) in [5, 5.41) is 12.8. The maximum atomic E-state index is 12.9. The molecule has 0 heterocycles. The van der Waals surface area contributed by atoms with Crippen LogP contribution in [0.3, 0.4) is 0 Å². The van der Waals surface area contributed by atoms with Gasteiger partial charge in [-0.2, -0.15) is 0 Å². The fraction of sp³-hybridized carbons (Fsp3) is 0.562. The van der Waals surface area contributed by atoms with Gasteiger partial charge in [0, 0.05) is 0 Å². The number of hydrogen-bond acceptors (Lipinski definition) is 3. The van der Waals surface area contributed by atoms with E-state index in [0.29, 0.717) is 12.2 Å². The Kier molecular flexibility index (Phi) is 4.83. The molecule has 0 spiro atoms. The van der Waals surface area contributed by atoms with Crippen LogP contribution in [0.4, 0.5) is 4.39 Å². The van der Waals surface area contributed by atoms with Crippen molar-refractivity contribution in [1.29, 1.82) is 0 Å². The van der Waals surface area contributed by atoms with Crippen LogP contribution in [0.25, 0.3) is 0 Å². The van der Waals surface area contributed by atoms with Crippen molar-refractivity contribution < 1.29 is 19.0 Å². The molecule has 1 aliphatic rings. The SMILES string of the molecule is CC(C)(Oc1ccc(F)cc1)C(=O)NC1CCCCC1O. The van der Waals surface area contributed by atoms with E-state index in [2.05, 4.69) is 5.32 Å². The number of ether oxygens (including phenoxy) is 1. The first-order chi connectivity index (χ1) is 9.88. The van der Waals surface area contributed by atoms with Gasteiger partial charge in [-0.15, -0.1) is 0 Å². The fourth-order valence-electron chi connectivity index (χ4n) is 2.47. The molecule has 1 aromatic rings. The van der Waals surface area contributed by atoms with Crippen LogP contribution >= 0.6 is 0 Å². The average molecular weight is 295 g/mol. The molecule has 0 radical (unpaired) electrons. The molecular formula is C16H22FNO3. The summed E-state index contributed by atoms with van der Waals surface area (Å²) in [7, 11) is 0. The lowest BCUT2D eigenvalue weighted by atomic mass is 9.92. The van der Waals surface area contributed by atoms with Gasteiger partial charge in [-0.25, -0.2) is 4.39 Å². The van der Waals surface area contributed by atoms with Crippen LogP contribution in [0.1, 0.15) is 39.5 Å². The lowest BCUT2D eigenvalue weighted by molar-refractivity contribution is -0.136. The van der Waals surface area contributed by atoms with Gasteiger partial charge in [0.15, 0.2) is 5.60 Å². The van der Waals surface area contributed by atoms with Gasteiger partial charge in [0.2, 0.25) is 0 Å². The van der Waals surface area contributed by atoms with Crippen LogP contribution in [0.15, 0.2) is 24.3 Å². The molecule has 2 rings (SSSR count). The summed E-state index contributed by atoms with van der Waals surface area (Å²) in [5.74, 6) is -0.201. The number of halogens is 1. The monoisotopic (exact) mass is 295 g/mol. The maximum Gasteiger partial charge on any atom is 0.263 e. The molecule has 1 amide bonds. The summed E-state index contributed by atoms with van der Waals surface area (Å²) in [5.41, 5.74) is -1.09. The fourth-order valence-corrected chi connectivity index (χ4v) is 2.47. The lowest BCUT2D eigenvalue weighted by Gasteiger charge is -2.32. The molecule has 1 aliphatic carbocycles. The number of hydrogen-bond donors (Lipinski definition) is 2. The minimum Gasteiger partial charge on any atom is -0.478 e. The number of amides is 1. The highest BCUT2D eigenvalue weighted by molar-refractivity contribution is 5.85. The Morgan fingerprint density at radius 2 is 1.90 bits per heavy atom. The van der Waals surface area contributed by atoms with Crippen molar-refractivity contribution in [2.24, 2.45) is 0 Å². The molecule has 2 unspecified atom stereocenters. The summed E-state index contributed by atoms with van der Waals surface area (Å²) in [4.78, 5) is 12.3. The number of aliphatic hydroxyl groups is 1. The molecule has 0 aliphatic heterocycles. The standard InChI is InChI=1S/C16H22FNO3/c1-16(2,21-12-9-7-11(17)8-10-12)15(20)18-13-5-3-4-6-14(13)19/h7-10,13-14,19H,3-6H2,1-2H3,(H,18,20). The van der Waals surface area contributed by atoms with Crippen molar-refractivity contribution in [1.82, 2.24) is 5.32 Å². The van der Waals surface area contributed by atoms with Gasteiger partial charge in [-0.3, -0.25) is 4.79 Å². The molecule has 1 saturated carbocycles. The van der Waals surface area contributed by atoms with Gasteiger partial charge < -0.3 is 15.2 Å². The van der Waals surface area contributed by atoms with Crippen molar-refractivity contribution in [3.05, 3.63) is 30.1 Å². The van der Waals surface area contributed by atoms with E-state index in [4.69, 9.17) is 4.74 Å². The largest absolute Gasteiger partial charge is 0.478 e. The van der Waals surface area contributed by atoms with Crippen molar-refractivity contribution in [2.75, 3.05) is 0 Å². The van der Waals surface area contributed by atoms with Crippen LogP contribution < -0.4 is 10.1 Å². The predicted octanol–water partition coefficient (Wildman–Crippen LogP) is 2.40. The molecule has 1 fully saturated rings. The van der Waals surface area contributed by atoms with Crippen molar-refractivity contribution in [2.45, 2.75) is 57.3 Å². The molecule has 2 atom stereocenters. The average Bonchev–Trinajstić information content (AvgIpc) is 2.43. The predicted molar refractivity (Wildman–Crippen MR) is 77.5 cm³/mol. The summed E-state index contributed by atoms with van der Waals surface area (Å²) < 4.78 is 18.5. The second kappa shape index (κ2) is 6.43. The van der Waals surface area contributed by atoms with Crippen LogP contribution in [-0.4, -0.2) is 28.8 Å². The normalized spacial score (nSPS) is 22.7. The topological polar surface area (TPSA) is 58.6 Å². The van der Waals surface area contributed by atoms with E-state index in [0.717, 1.165) is 19.3 Å². The number of rotatable bonds is 4. The molecule has 116 valence electrons. The molecule has 0 bridgehead atoms. The third-order valence-corrected chi connectivity index (χ3v) is 3.78. The first-order valence-corrected chi connectivity index (χ1v) is 7.32. The second-order valence-corrected chi connectivity index (χ2v) is 6.00. The quantitative estimate of drug-likeness (QED) is 0.897. The number of aliphatic hydroxyl groups excluding tert-OH is 1. The molecule has 21 heavy (non-hydrogen) atoms. The Hall–Kier alpha value is -1.62. The third-order valence-electron chi connectivity index (χ3n) is 3.78. The smallest absolute Gasteiger partial charge is 0.263 e. The molecule has 0 saturated heterocycles. The number of carbonyl (C=O) groups excluding carboxylic acids is 1. The highest BCUT2D eigenvalue weighted by Crippen LogP contribution is 2.22. The maximum absolute atomic E-state index is 12.9. The minimum absolute atomic E-state index is 0.220. The molecule has 2 N–H and O–H groups in total. The van der Waals surface area contributed by atoms with E-state index in [-0.39, 0.29) is 17.8 Å². The zero-order valence-electron chi connectivity index (χ0n) is 12.4. The minimum atomic E-state index is -1.09. The van der Waals surface area contributed by atoms with Crippen molar-refractivity contribution >= 4 is 5.91 Å². The van der Waals surface area contributed by atoms with E-state index >= 15 is 0 Å². The molecule has 4 nitrogen and oxygen atoms in total. The Labute approximate surface area is 124 Å². The van der Waals surface area contributed by atoms with E-state index < -0.39 is 11.7 Å². The van der Waals surface area contributed by atoms with Crippen LogP contribution in [0.5, 0.6) is 5.75 Å². The van der Waals surface area contributed by atoms with E-state index in [1.807, 2.05) is 0 Å². The highest BCUT2D eigenvalue weighted by Gasteiger charge is 2.34. The Morgan fingerprint density at radius 1 is 1.29 bits per heavy atom. The van der Waals surface area contributed by atoms with E-state index in [1.165, 1.54) is 24.3 Å². The van der Waals surface area contributed by atoms with Gasteiger partial charge >= 0.3 is 0 Å². The summed E-state index contributed by atoms with van der Waals surface area (Å²) in [6, 6.07) is 5.32. The molecule has 0 aromatic heterocycles. The van der Waals surface area contributed by atoms with Gasteiger partial charge in [0.05, 0.1) is 12.1 Å². The molecular weight excluding hydrogens is 273 g/mol. The van der Waals surface area contributed by atoms with Gasteiger partial charge in [-0.05, 0) is 51.0 Å². The van der Waals surface area contributed by atoms with Gasteiger partial charge in [0.25, 0.3) is 5.91 Å². The molecule has 5 heteroatoms. The summed E-state index contributed by atoms with van der Waals surface area (Å²) in [6.45, 7) is 3.31. The Balaban J connectivity index is 1.97. The van der Waals surface area contributed by atoms with Gasteiger partial charge in [0.1, 0.15) is 11.6 Å². The Morgan fingerprint density at radius 3 is 2.52 bits per heavy atom. The van der Waals surface area contributed by atoms with Crippen molar-refractivity contribution in [3.8, 4) is 5.75 Å². The second-order valence-electron chi connectivity index (χ2n) is 6.00. The highest BCUT2D eigenvalue weighted by atomic mass is 19.1. The molecule has 1 aromatic carbocycles. The van der Waals surface area contributed by atoms with Crippen LogP contribution in [-0.2, 0) is 4.79 Å². The number of benzene rings is 1. The summed E-state index contributed by atoms with van der Waals surface area (Å²) >= 11 is 0. The number of carbonyl (C=O) groups is 1. The van der Waals surface area contributed by atoms with Gasteiger partial charge in [-0.1, -0.05) is 12.8 Å². The van der Waals surface area contributed by atoms with E-state index in [9.17, 15) is 14.3 Å².